The van der Waals surface area contributed by atoms with Crippen molar-refractivity contribution in [2.75, 3.05) is 26.7 Å². The summed E-state index contributed by atoms with van der Waals surface area (Å²) < 4.78 is 35.2. The summed E-state index contributed by atoms with van der Waals surface area (Å²) in [6.07, 6.45) is 2.28. The van der Waals surface area contributed by atoms with Gasteiger partial charge in [0.2, 0.25) is 0 Å². The van der Waals surface area contributed by atoms with Crippen molar-refractivity contribution >= 4 is 0 Å². The van der Waals surface area contributed by atoms with E-state index in [-0.39, 0.29) is 17.9 Å². The van der Waals surface area contributed by atoms with Crippen LogP contribution in [0.2, 0.25) is 0 Å². The molecule has 4 nitrogen and oxygen atoms in total. The summed E-state index contributed by atoms with van der Waals surface area (Å²) >= 11 is 0. The summed E-state index contributed by atoms with van der Waals surface area (Å²) in [5, 5.41) is 0. The van der Waals surface area contributed by atoms with Crippen molar-refractivity contribution in [1.82, 2.24) is 4.90 Å². The van der Waals surface area contributed by atoms with E-state index in [4.69, 9.17) is 10.5 Å². The molecule has 1 heterocycles. The first-order chi connectivity index (χ1) is 10.1. The van der Waals surface area contributed by atoms with E-state index in [2.05, 4.69) is 4.74 Å². The van der Waals surface area contributed by atoms with Gasteiger partial charge < -0.3 is 15.2 Å². The van der Waals surface area contributed by atoms with Gasteiger partial charge in [0.1, 0.15) is 5.75 Å². The Bertz CT molecular complexity index is 439. The van der Waals surface area contributed by atoms with Gasteiger partial charge in [-0.1, -0.05) is 18.2 Å². The molecule has 0 saturated carbocycles. The Hall–Kier alpha value is -1.24. The molecule has 2 N–H and O–H groups in total. The smallest absolute Gasteiger partial charge is 0.387 e. The number of rotatable bonds is 7. The average Bonchev–Trinajstić information content (AvgIpc) is 2.93. The zero-order valence-electron chi connectivity index (χ0n) is 12.2. The Morgan fingerprint density at radius 3 is 2.81 bits per heavy atom. The molecule has 1 aromatic carbocycles. The van der Waals surface area contributed by atoms with Gasteiger partial charge in [0.05, 0.1) is 12.1 Å². The molecular formula is C15H22F2N2O2. The third kappa shape index (κ3) is 4.36. The molecule has 0 aromatic heterocycles. The van der Waals surface area contributed by atoms with Crippen LogP contribution in [0.4, 0.5) is 8.78 Å². The summed E-state index contributed by atoms with van der Waals surface area (Å²) in [7, 11) is 1.93. The molecule has 1 saturated heterocycles. The number of benzene rings is 1. The van der Waals surface area contributed by atoms with E-state index >= 15 is 0 Å². The van der Waals surface area contributed by atoms with Gasteiger partial charge in [-0.3, -0.25) is 4.90 Å². The Morgan fingerprint density at radius 1 is 1.43 bits per heavy atom. The Morgan fingerprint density at radius 2 is 2.19 bits per heavy atom. The summed E-state index contributed by atoms with van der Waals surface area (Å²) in [6.45, 7) is -0.998. The van der Waals surface area contributed by atoms with Gasteiger partial charge in [-0.2, -0.15) is 8.78 Å². The highest BCUT2D eigenvalue weighted by Crippen LogP contribution is 2.30. The maximum Gasteiger partial charge on any atom is 0.387 e. The van der Waals surface area contributed by atoms with Gasteiger partial charge >= 0.3 is 6.61 Å². The normalized spacial score (nSPS) is 20.2. The van der Waals surface area contributed by atoms with Crippen molar-refractivity contribution in [3.63, 3.8) is 0 Å². The largest absolute Gasteiger partial charge is 0.434 e. The second-order valence-electron chi connectivity index (χ2n) is 5.24. The van der Waals surface area contributed by atoms with E-state index in [1.54, 1.807) is 24.3 Å². The molecule has 6 heteroatoms. The third-order valence-corrected chi connectivity index (χ3v) is 3.76. The van der Waals surface area contributed by atoms with Crippen LogP contribution < -0.4 is 10.5 Å². The van der Waals surface area contributed by atoms with E-state index in [0.29, 0.717) is 12.1 Å². The first kappa shape index (κ1) is 16.1. The van der Waals surface area contributed by atoms with Gasteiger partial charge in [-0.15, -0.1) is 0 Å². The quantitative estimate of drug-likeness (QED) is 0.840. The van der Waals surface area contributed by atoms with Gasteiger partial charge in [0.15, 0.2) is 0 Å². The standard InChI is InChI=1S/C15H22F2N2O2/c1-19(10-11-5-4-8-20-11)13(9-18)12-6-2-3-7-14(12)21-15(16)17/h2-3,6-7,11,13,15H,4-5,8-10,18H2,1H3. The fourth-order valence-corrected chi connectivity index (χ4v) is 2.74. The Balaban J connectivity index is 2.11. The summed E-state index contributed by atoms with van der Waals surface area (Å²) in [6, 6.07) is 6.63. The Kier molecular flexibility index (Phi) is 5.90. The van der Waals surface area contributed by atoms with Crippen LogP contribution in [0.1, 0.15) is 24.4 Å². The minimum atomic E-state index is -2.84. The first-order valence-electron chi connectivity index (χ1n) is 7.17. The number of hydrogen-bond donors (Lipinski definition) is 1. The molecule has 21 heavy (non-hydrogen) atoms. The van der Waals surface area contributed by atoms with Gasteiger partial charge in [-0.05, 0) is 26.0 Å². The van der Waals surface area contributed by atoms with Crippen molar-refractivity contribution in [3.05, 3.63) is 29.8 Å². The van der Waals surface area contributed by atoms with Crippen LogP contribution in [-0.4, -0.2) is 44.4 Å². The lowest BCUT2D eigenvalue weighted by Gasteiger charge is -2.30. The van der Waals surface area contributed by atoms with Gasteiger partial charge in [0, 0.05) is 25.3 Å². The lowest BCUT2D eigenvalue weighted by Crippen LogP contribution is -2.36. The van der Waals surface area contributed by atoms with E-state index in [1.807, 2.05) is 11.9 Å². The fourth-order valence-electron chi connectivity index (χ4n) is 2.74. The number of likely N-dealkylation sites (N-methyl/N-ethyl adjacent to an activating group) is 1. The van der Waals surface area contributed by atoms with Crippen LogP contribution in [0.15, 0.2) is 24.3 Å². The number of alkyl halides is 2. The topological polar surface area (TPSA) is 47.7 Å². The van der Waals surface area contributed by atoms with Gasteiger partial charge in [-0.25, -0.2) is 0 Å². The zero-order valence-corrected chi connectivity index (χ0v) is 12.2. The highest BCUT2D eigenvalue weighted by molar-refractivity contribution is 5.36. The second-order valence-corrected chi connectivity index (χ2v) is 5.24. The molecule has 2 rings (SSSR count). The van der Waals surface area contributed by atoms with Crippen molar-refractivity contribution in [1.29, 1.82) is 0 Å². The molecule has 0 aliphatic carbocycles. The summed E-state index contributed by atoms with van der Waals surface area (Å²) in [5.41, 5.74) is 6.54. The average molecular weight is 300 g/mol. The summed E-state index contributed by atoms with van der Waals surface area (Å²) in [4.78, 5) is 2.05. The van der Waals surface area contributed by atoms with E-state index < -0.39 is 6.61 Å². The summed E-state index contributed by atoms with van der Waals surface area (Å²) in [5.74, 6) is 0.183. The van der Waals surface area contributed by atoms with E-state index in [9.17, 15) is 8.78 Å². The zero-order chi connectivity index (χ0) is 15.2. The van der Waals surface area contributed by atoms with Crippen molar-refractivity contribution in [2.45, 2.75) is 31.6 Å². The van der Waals surface area contributed by atoms with Crippen molar-refractivity contribution < 1.29 is 18.3 Å². The van der Waals surface area contributed by atoms with Crippen LogP contribution in [0.3, 0.4) is 0 Å². The lowest BCUT2D eigenvalue weighted by molar-refractivity contribution is -0.0512. The molecular weight excluding hydrogens is 278 g/mol. The molecule has 1 aromatic rings. The van der Waals surface area contributed by atoms with Crippen molar-refractivity contribution in [2.24, 2.45) is 5.73 Å². The van der Waals surface area contributed by atoms with Gasteiger partial charge in [0.25, 0.3) is 0 Å². The maximum atomic E-state index is 12.5. The van der Waals surface area contributed by atoms with E-state index in [1.165, 1.54) is 0 Å². The monoisotopic (exact) mass is 300 g/mol. The molecule has 2 atom stereocenters. The molecule has 0 amide bonds. The predicted molar refractivity (Wildman–Crippen MR) is 76.5 cm³/mol. The molecule has 0 bridgehead atoms. The van der Waals surface area contributed by atoms with Crippen LogP contribution in [0.25, 0.3) is 0 Å². The lowest BCUT2D eigenvalue weighted by atomic mass is 10.0. The minimum Gasteiger partial charge on any atom is -0.434 e. The third-order valence-electron chi connectivity index (χ3n) is 3.76. The number of ether oxygens (including phenoxy) is 2. The molecule has 1 aliphatic rings. The SMILES string of the molecule is CN(CC1CCCO1)C(CN)c1ccccc1OC(F)F. The molecule has 0 radical (unpaired) electrons. The molecule has 2 unspecified atom stereocenters. The highest BCUT2D eigenvalue weighted by Gasteiger charge is 2.24. The van der Waals surface area contributed by atoms with Crippen molar-refractivity contribution in [3.8, 4) is 5.75 Å². The number of nitrogens with zero attached hydrogens (tertiary/aromatic N) is 1. The minimum absolute atomic E-state index is 0.177. The number of para-hydroxylation sites is 1. The van der Waals surface area contributed by atoms with Crippen LogP contribution >= 0.6 is 0 Å². The Labute approximate surface area is 123 Å². The highest BCUT2D eigenvalue weighted by atomic mass is 19.3. The maximum absolute atomic E-state index is 12.5. The molecule has 0 spiro atoms. The molecule has 118 valence electrons. The number of hydrogen-bond acceptors (Lipinski definition) is 4. The number of halogens is 2. The second kappa shape index (κ2) is 7.68. The first-order valence-corrected chi connectivity index (χ1v) is 7.17. The van der Waals surface area contributed by atoms with Crippen LogP contribution in [0, 0.1) is 0 Å². The molecule has 1 fully saturated rings. The molecule has 1 aliphatic heterocycles. The van der Waals surface area contributed by atoms with E-state index in [0.717, 1.165) is 26.0 Å². The number of nitrogens with two attached hydrogens (primary N) is 1. The predicted octanol–water partition coefficient (Wildman–Crippen LogP) is 2.40. The van der Waals surface area contributed by atoms with Crippen LogP contribution in [0.5, 0.6) is 5.75 Å². The fraction of sp³-hybridized carbons (Fsp3) is 0.600. The van der Waals surface area contributed by atoms with Crippen LogP contribution in [-0.2, 0) is 4.74 Å².